The Morgan fingerprint density at radius 1 is 1.07 bits per heavy atom. The predicted octanol–water partition coefficient (Wildman–Crippen LogP) is 2.12. The van der Waals surface area contributed by atoms with Crippen molar-refractivity contribution in [2.45, 2.75) is 19.9 Å². The third kappa shape index (κ3) is 5.33. The number of nitrogens with zero attached hydrogens (tertiary/aromatic N) is 1. The van der Waals surface area contributed by atoms with Crippen molar-refractivity contribution in [1.82, 2.24) is 5.32 Å². The fourth-order valence-corrected chi connectivity index (χ4v) is 3.65. The lowest BCUT2D eigenvalue weighted by Crippen LogP contribution is -3.15. The van der Waals surface area contributed by atoms with Crippen LogP contribution in [-0.2, 0) is 4.79 Å². The van der Waals surface area contributed by atoms with Gasteiger partial charge in [0.05, 0.1) is 32.2 Å². The van der Waals surface area contributed by atoms with Gasteiger partial charge in [0.15, 0.2) is 12.3 Å². The third-order valence-electron chi connectivity index (χ3n) is 5.27. The highest BCUT2D eigenvalue weighted by molar-refractivity contribution is 6.30. The van der Waals surface area contributed by atoms with Crippen molar-refractivity contribution in [3.05, 3.63) is 64.7 Å². The zero-order chi connectivity index (χ0) is 20.1. The summed E-state index contributed by atoms with van der Waals surface area (Å²) in [5.74, 6) is 0.149. The van der Waals surface area contributed by atoms with Gasteiger partial charge in [0, 0.05) is 16.3 Å². The molecule has 1 aliphatic heterocycles. The number of ketones is 1. The minimum absolute atomic E-state index is 0.0368. The molecule has 1 aliphatic rings. The molecule has 1 heterocycles. The van der Waals surface area contributed by atoms with E-state index in [9.17, 15) is 9.59 Å². The van der Waals surface area contributed by atoms with Gasteiger partial charge in [-0.1, -0.05) is 23.7 Å². The first-order chi connectivity index (χ1) is 13.4. The van der Waals surface area contributed by atoms with E-state index in [0.29, 0.717) is 11.6 Å². The van der Waals surface area contributed by atoms with Gasteiger partial charge in [-0.05, 0) is 55.8 Å². The Hall–Kier alpha value is -2.37. The standard InChI is InChI=1S/C22H26ClN3O2/c1-16(18-3-7-20(23)8-4-18)24-22(28)15-25-11-13-26(14-12-25)21-9-5-19(6-10-21)17(2)27/h3-10,16H,11-15H2,1-2H3,(H,24,28)/p+1/t16-/m1/s1. The Morgan fingerprint density at radius 2 is 1.68 bits per heavy atom. The maximum Gasteiger partial charge on any atom is 0.275 e. The summed E-state index contributed by atoms with van der Waals surface area (Å²) in [4.78, 5) is 27.4. The van der Waals surface area contributed by atoms with Gasteiger partial charge in [0.25, 0.3) is 5.91 Å². The molecule has 0 aliphatic carbocycles. The topological polar surface area (TPSA) is 53.9 Å². The molecule has 1 saturated heterocycles. The lowest BCUT2D eigenvalue weighted by atomic mass is 10.1. The number of amides is 1. The lowest BCUT2D eigenvalue weighted by Gasteiger charge is -2.33. The molecule has 0 aromatic heterocycles. The predicted molar refractivity (Wildman–Crippen MR) is 112 cm³/mol. The van der Waals surface area contributed by atoms with Crippen LogP contribution in [0.2, 0.25) is 5.02 Å². The van der Waals surface area contributed by atoms with E-state index in [1.165, 1.54) is 4.90 Å². The minimum atomic E-state index is -0.0368. The first kappa shape index (κ1) is 20.4. The number of piperazine rings is 1. The maximum atomic E-state index is 12.4. The molecule has 0 radical (unpaired) electrons. The highest BCUT2D eigenvalue weighted by Gasteiger charge is 2.23. The number of hydrogen-bond donors (Lipinski definition) is 2. The van der Waals surface area contributed by atoms with Gasteiger partial charge >= 0.3 is 0 Å². The SMILES string of the molecule is CC(=O)c1ccc(N2CC[NH+](CC(=O)N[C@H](C)c3ccc(Cl)cc3)CC2)cc1. The maximum absolute atomic E-state index is 12.4. The van der Waals surface area contributed by atoms with Crippen LogP contribution in [0.4, 0.5) is 5.69 Å². The highest BCUT2D eigenvalue weighted by atomic mass is 35.5. The van der Waals surface area contributed by atoms with Gasteiger partial charge in [0.1, 0.15) is 0 Å². The van der Waals surface area contributed by atoms with E-state index in [1.807, 2.05) is 55.5 Å². The molecule has 28 heavy (non-hydrogen) atoms. The quantitative estimate of drug-likeness (QED) is 0.730. The number of anilines is 1. The number of benzene rings is 2. The molecule has 0 spiro atoms. The van der Waals surface area contributed by atoms with Gasteiger partial charge in [-0.25, -0.2) is 0 Å². The first-order valence-corrected chi connectivity index (χ1v) is 10.0. The highest BCUT2D eigenvalue weighted by Crippen LogP contribution is 2.16. The Bertz CT molecular complexity index is 813. The fraction of sp³-hybridized carbons (Fsp3) is 0.364. The van der Waals surface area contributed by atoms with Crippen LogP contribution < -0.4 is 15.1 Å². The number of nitrogens with one attached hydrogen (secondary N) is 2. The summed E-state index contributed by atoms with van der Waals surface area (Å²) < 4.78 is 0. The van der Waals surface area contributed by atoms with Crippen LogP contribution in [0.1, 0.15) is 35.8 Å². The van der Waals surface area contributed by atoms with Gasteiger partial charge in [-0.15, -0.1) is 0 Å². The molecule has 0 bridgehead atoms. The van der Waals surface area contributed by atoms with Crippen LogP contribution >= 0.6 is 11.6 Å². The second-order valence-electron chi connectivity index (χ2n) is 7.36. The number of rotatable bonds is 6. The van der Waals surface area contributed by atoms with E-state index in [1.54, 1.807) is 6.92 Å². The zero-order valence-corrected chi connectivity index (χ0v) is 17.1. The number of halogens is 1. The van der Waals surface area contributed by atoms with E-state index in [2.05, 4.69) is 10.2 Å². The van der Waals surface area contributed by atoms with E-state index < -0.39 is 0 Å². The molecular weight excluding hydrogens is 374 g/mol. The van der Waals surface area contributed by atoms with E-state index >= 15 is 0 Å². The summed E-state index contributed by atoms with van der Waals surface area (Å²) >= 11 is 5.92. The number of carbonyl (C=O) groups excluding carboxylic acids is 2. The fourth-order valence-electron chi connectivity index (χ4n) is 3.52. The Labute approximate surface area is 171 Å². The number of quaternary nitrogens is 1. The number of hydrogen-bond acceptors (Lipinski definition) is 3. The smallest absolute Gasteiger partial charge is 0.275 e. The van der Waals surface area contributed by atoms with Gasteiger partial charge in [0.2, 0.25) is 0 Å². The van der Waals surface area contributed by atoms with E-state index in [0.717, 1.165) is 43.0 Å². The molecule has 1 fully saturated rings. The molecule has 2 aromatic rings. The molecule has 0 unspecified atom stereocenters. The molecule has 3 rings (SSSR count). The van der Waals surface area contributed by atoms with Crippen LogP contribution in [-0.4, -0.2) is 44.4 Å². The molecule has 2 N–H and O–H groups in total. The molecule has 0 saturated carbocycles. The van der Waals surface area contributed by atoms with E-state index in [-0.39, 0.29) is 17.7 Å². The van der Waals surface area contributed by atoms with E-state index in [4.69, 9.17) is 11.6 Å². The molecule has 1 atom stereocenters. The van der Waals surface area contributed by atoms with Crippen molar-refractivity contribution in [3.63, 3.8) is 0 Å². The number of carbonyl (C=O) groups is 2. The third-order valence-corrected chi connectivity index (χ3v) is 5.52. The van der Waals surface area contributed by atoms with Crippen molar-refractivity contribution in [3.8, 4) is 0 Å². The Balaban J connectivity index is 1.46. The van der Waals surface area contributed by atoms with Crippen molar-refractivity contribution in [2.24, 2.45) is 0 Å². The average Bonchev–Trinajstić information content (AvgIpc) is 2.69. The number of Topliss-reactive ketones (excluding diaryl/α,β-unsaturated/α-hetero) is 1. The summed E-state index contributed by atoms with van der Waals surface area (Å²) in [5.41, 5.74) is 2.91. The summed E-state index contributed by atoms with van der Waals surface area (Å²) in [6.07, 6.45) is 0. The van der Waals surface area contributed by atoms with Crippen molar-refractivity contribution < 1.29 is 14.5 Å². The molecule has 2 aromatic carbocycles. The second-order valence-corrected chi connectivity index (χ2v) is 7.79. The van der Waals surface area contributed by atoms with Gasteiger partial charge < -0.3 is 15.1 Å². The van der Waals surface area contributed by atoms with Crippen LogP contribution in [0.5, 0.6) is 0 Å². The average molecular weight is 401 g/mol. The summed E-state index contributed by atoms with van der Waals surface area (Å²) in [6.45, 7) is 7.67. The second kappa shape index (κ2) is 9.22. The summed E-state index contributed by atoms with van der Waals surface area (Å²) in [6, 6.07) is 15.3. The molecular formula is C22H27ClN3O2+. The lowest BCUT2D eigenvalue weighted by molar-refractivity contribution is -0.892. The van der Waals surface area contributed by atoms with Crippen LogP contribution in [0, 0.1) is 0 Å². The largest absolute Gasteiger partial charge is 0.360 e. The van der Waals surface area contributed by atoms with Gasteiger partial charge in [-0.2, -0.15) is 0 Å². The Morgan fingerprint density at radius 3 is 2.25 bits per heavy atom. The Kier molecular flexibility index (Phi) is 6.70. The first-order valence-electron chi connectivity index (χ1n) is 9.66. The van der Waals surface area contributed by atoms with Crippen LogP contribution in [0.15, 0.2) is 48.5 Å². The summed E-state index contributed by atoms with van der Waals surface area (Å²) in [5, 5.41) is 3.77. The van der Waals surface area contributed by atoms with Crippen LogP contribution in [0.3, 0.4) is 0 Å². The van der Waals surface area contributed by atoms with Crippen LogP contribution in [0.25, 0.3) is 0 Å². The molecule has 148 valence electrons. The van der Waals surface area contributed by atoms with Crippen molar-refractivity contribution in [1.29, 1.82) is 0 Å². The zero-order valence-electron chi connectivity index (χ0n) is 16.4. The molecule has 1 amide bonds. The minimum Gasteiger partial charge on any atom is -0.360 e. The summed E-state index contributed by atoms with van der Waals surface area (Å²) in [7, 11) is 0. The normalized spacial score (nSPS) is 15.9. The van der Waals surface area contributed by atoms with Crippen molar-refractivity contribution in [2.75, 3.05) is 37.6 Å². The molecule has 6 heteroatoms. The van der Waals surface area contributed by atoms with Gasteiger partial charge in [-0.3, -0.25) is 9.59 Å². The molecule has 5 nitrogen and oxygen atoms in total. The monoisotopic (exact) mass is 400 g/mol. The van der Waals surface area contributed by atoms with Crippen molar-refractivity contribution >= 4 is 29.0 Å².